The minimum absolute atomic E-state index is 0.762. The van der Waals surface area contributed by atoms with Crippen molar-refractivity contribution in [1.82, 2.24) is 0 Å². The van der Waals surface area contributed by atoms with Crippen molar-refractivity contribution in [1.29, 1.82) is 0 Å². The van der Waals surface area contributed by atoms with Crippen LogP contribution in [-0.2, 0) is 0 Å². The predicted octanol–water partition coefficient (Wildman–Crippen LogP) is 2.54. The van der Waals surface area contributed by atoms with E-state index >= 15 is 0 Å². The molecular formula is C8H13. The van der Waals surface area contributed by atoms with Gasteiger partial charge in [0.05, 0.1) is 0 Å². The van der Waals surface area contributed by atoms with E-state index in [1.165, 1.54) is 32.1 Å². The summed E-state index contributed by atoms with van der Waals surface area (Å²) in [5.74, 6) is 1.87. The molecule has 0 heterocycles. The van der Waals surface area contributed by atoms with Crippen LogP contribution >= 0.6 is 0 Å². The molecule has 2 aliphatic rings. The second-order valence-corrected chi connectivity index (χ2v) is 3.52. The Morgan fingerprint density at radius 2 is 1.88 bits per heavy atom. The fourth-order valence-corrected chi connectivity index (χ4v) is 1.50. The first kappa shape index (κ1) is 4.84. The summed E-state index contributed by atoms with van der Waals surface area (Å²) in [6, 6.07) is 0. The van der Waals surface area contributed by atoms with Gasteiger partial charge in [0.15, 0.2) is 0 Å². The van der Waals surface area contributed by atoms with E-state index in [1.807, 2.05) is 5.92 Å². The van der Waals surface area contributed by atoms with Crippen molar-refractivity contribution in [3.63, 3.8) is 0 Å². The van der Waals surface area contributed by atoms with E-state index < -0.39 is 0 Å². The molecule has 2 saturated carbocycles. The zero-order valence-corrected chi connectivity index (χ0v) is 5.54. The average Bonchev–Trinajstić information content (AvgIpc) is 2.12. The largest absolute Gasteiger partial charge is 0.0591 e. The first-order chi connectivity index (χ1) is 3.81. The monoisotopic (exact) mass is 109 g/mol. The van der Waals surface area contributed by atoms with Gasteiger partial charge in [-0.2, -0.15) is 0 Å². The number of rotatable bonds is 1. The highest BCUT2D eigenvalue weighted by atomic mass is 14.5. The summed E-state index contributed by atoms with van der Waals surface area (Å²) in [6.45, 7) is 2.42. The molecule has 45 valence electrons. The summed E-state index contributed by atoms with van der Waals surface area (Å²) < 4.78 is 0. The van der Waals surface area contributed by atoms with Gasteiger partial charge in [0.25, 0.3) is 0 Å². The average molecular weight is 109 g/mol. The lowest BCUT2D eigenvalue weighted by Crippen LogP contribution is -2.17. The first-order valence-corrected chi connectivity index (χ1v) is 3.66. The molecule has 0 unspecified atom stereocenters. The normalized spacial score (nSPS) is 34.1. The summed E-state index contributed by atoms with van der Waals surface area (Å²) >= 11 is 0. The fraction of sp³-hybridized carbons (Fsp3) is 0.875. The van der Waals surface area contributed by atoms with E-state index in [-0.39, 0.29) is 0 Å². The molecule has 0 aromatic heterocycles. The van der Waals surface area contributed by atoms with Crippen LogP contribution in [0.15, 0.2) is 0 Å². The van der Waals surface area contributed by atoms with Crippen LogP contribution in [0.2, 0.25) is 0 Å². The molecule has 2 fully saturated rings. The van der Waals surface area contributed by atoms with Crippen molar-refractivity contribution in [2.45, 2.75) is 39.0 Å². The Labute approximate surface area is 51.3 Å². The summed E-state index contributed by atoms with van der Waals surface area (Å²) in [7, 11) is 0. The summed E-state index contributed by atoms with van der Waals surface area (Å²) in [5.41, 5.74) is 0.762. The SMILES string of the molecule is CC1([C]2CCC2)CC1. The van der Waals surface area contributed by atoms with Crippen molar-refractivity contribution in [3.8, 4) is 0 Å². The van der Waals surface area contributed by atoms with Gasteiger partial charge in [-0.1, -0.05) is 13.3 Å². The Bertz CT molecular complexity index is 96.6. The molecule has 0 atom stereocenters. The van der Waals surface area contributed by atoms with Crippen molar-refractivity contribution in [2.24, 2.45) is 5.41 Å². The molecule has 0 aromatic rings. The molecule has 0 N–H and O–H groups in total. The van der Waals surface area contributed by atoms with Gasteiger partial charge >= 0.3 is 0 Å². The molecule has 1 radical (unpaired) electrons. The molecule has 0 saturated heterocycles. The summed E-state index contributed by atoms with van der Waals surface area (Å²) in [6.07, 6.45) is 7.36. The zero-order valence-electron chi connectivity index (χ0n) is 5.54. The zero-order chi connectivity index (χ0) is 5.61. The van der Waals surface area contributed by atoms with Crippen molar-refractivity contribution in [2.75, 3.05) is 0 Å². The van der Waals surface area contributed by atoms with Gasteiger partial charge in [0.2, 0.25) is 0 Å². The van der Waals surface area contributed by atoms with Crippen LogP contribution in [-0.4, -0.2) is 0 Å². The van der Waals surface area contributed by atoms with Crippen molar-refractivity contribution >= 4 is 0 Å². The van der Waals surface area contributed by atoms with E-state index in [9.17, 15) is 0 Å². The maximum Gasteiger partial charge on any atom is -0.0182 e. The van der Waals surface area contributed by atoms with Gasteiger partial charge in [0, 0.05) is 0 Å². The molecule has 0 amide bonds. The molecule has 0 heteroatoms. The maximum absolute atomic E-state index is 2.42. The van der Waals surface area contributed by atoms with Crippen molar-refractivity contribution < 1.29 is 0 Å². The second-order valence-electron chi connectivity index (χ2n) is 3.52. The van der Waals surface area contributed by atoms with Crippen LogP contribution in [0.25, 0.3) is 0 Å². The predicted molar refractivity (Wildman–Crippen MR) is 34.4 cm³/mol. The highest BCUT2D eigenvalue weighted by molar-refractivity contribution is 5.17. The third kappa shape index (κ3) is 0.519. The highest BCUT2D eigenvalue weighted by Gasteiger charge is 2.46. The van der Waals surface area contributed by atoms with E-state index in [2.05, 4.69) is 6.92 Å². The Balaban J connectivity index is 1.95. The van der Waals surface area contributed by atoms with Crippen LogP contribution in [0, 0.1) is 11.3 Å². The Morgan fingerprint density at radius 1 is 1.25 bits per heavy atom. The number of hydrogen-bond donors (Lipinski definition) is 0. The first-order valence-electron chi connectivity index (χ1n) is 3.66. The van der Waals surface area contributed by atoms with Gasteiger partial charge in [-0.15, -0.1) is 0 Å². The number of hydrogen-bond acceptors (Lipinski definition) is 0. The minimum atomic E-state index is 0.762. The smallest absolute Gasteiger partial charge is 0.0182 e. The highest BCUT2D eigenvalue weighted by Crippen LogP contribution is 2.59. The van der Waals surface area contributed by atoms with Crippen LogP contribution in [0.1, 0.15) is 39.0 Å². The molecule has 0 spiro atoms. The van der Waals surface area contributed by atoms with Crippen LogP contribution in [0.5, 0.6) is 0 Å². The van der Waals surface area contributed by atoms with Crippen LogP contribution in [0.3, 0.4) is 0 Å². The molecule has 0 bridgehead atoms. The van der Waals surface area contributed by atoms with E-state index in [1.54, 1.807) is 0 Å². The topological polar surface area (TPSA) is 0 Å². The minimum Gasteiger partial charge on any atom is -0.0591 e. The Kier molecular flexibility index (Phi) is 0.778. The van der Waals surface area contributed by atoms with Gasteiger partial charge in [-0.05, 0) is 37.0 Å². The van der Waals surface area contributed by atoms with Gasteiger partial charge in [-0.3, -0.25) is 0 Å². The summed E-state index contributed by atoms with van der Waals surface area (Å²) in [4.78, 5) is 0. The van der Waals surface area contributed by atoms with Crippen LogP contribution < -0.4 is 0 Å². The molecule has 0 aliphatic heterocycles. The standard InChI is InChI=1S/C8H13/c1-8(5-6-8)7-3-2-4-7/h2-6H2,1H3. The van der Waals surface area contributed by atoms with Gasteiger partial charge < -0.3 is 0 Å². The van der Waals surface area contributed by atoms with Gasteiger partial charge in [-0.25, -0.2) is 0 Å². The fourth-order valence-electron chi connectivity index (χ4n) is 1.50. The molecule has 0 aromatic carbocycles. The van der Waals surface area contributed by atoms with E-state index in [0.29, 0.717) is 0 Å². The lowest BCUT2D eigenvalue weighted by atomic mass is 9.74. The van der Waals surface area contributed by atoms with Crippen molar-refractivity contribution in [3.05, 3.63) is 5.92 Å². The quantitative estimate of drug-likeness (QED) is 0.485. The molecule has 0 nitrogen and oxygen atoms in total. The second kappa shape index (κ2) is 1.29. The van der Waals surface area contributed by atoms with E-state index in [0.717, 1.165) is 5.41 Å². The third-order valence-corrected chi connectivity index (χ3v) is 2.81. The Morgan fingerprint density at radius 3 is 2.00 bits per heavy atom. The lowest BCUT2D eigenvalue weighted by molar-refractivity contribution is 0.404. The molecular weight excluding hydrogens is 96.1 g/mol. The lowest BCUT2D eigenvalue weighted by Gasteiger charge is -2.30. The molecule has 2 aliphatic carbocycles. The van der Waals surface area contributed by atoms with E-state index in [4.69, 9.17) is 0 Å². The van der Waals surface area contributed by atoms with Crippen LogP contribution in [0.4, 0.5) is 0 Å². The Hall–Kier alpha value is 0. The molecule has 8 heavy (non-hydrogen) atoms. The summed E-state index contributed by atoms with van der Waals surface area (Å²) in [5, 5.41) is 0. The third-order valence-electron chi connectivity index (χ3n) is 2.81. The maximum atomic E-state index is 2.42. The van der Waals surface area contributed by atoms with Gasteiger partial charge in [0.1, 0.15) is 0 Å². The molecule has 2 rings (SSSR count).